The number of rotatable bonds is 2. The lowest BCUT2D eigenvalue weighted by atomic mass is 10.1. The van der Waals surface area contributed by atoms with Gasteiger partial charge in [-0.15, -0.1) is 10.2 Å². The average Bonchev–Trinajstić information content (AvgIpc) is 2.64. The van der Waals surface area contributed by atoms with Crippen molar-refractivity contribution in [1.29, 1.82) is 0 Å². The third-order valence-corrected chi connectivity index (χ3v) is 2.86. The van der Waals surface area contributed by atoms with Crippen LogP contribution in [0.2, 0.25) is 0 Å². The Morgan fingerprint density at radius 1 is 1.33 bits per heavy atom. The lowest BCUT2D eigenvalue weighted by Gasteiger charge is -2.19. The summed E-state index contributed by atoms with van der Waals surface area (Å²) in [5, 5.41) is 16.8. The Bertz CT molecular complexity index is 464. The number of hydrogen-bond acceptors (Lipinski definition) is 5. The highest BCUT2D eigenvalue weighted by Gasteiger charge is 2.12. The number of nitrogens with one attached hydrogen (secondary N) is 1. The van der Waals surface area contributed by atoms with Crippen molar-refractivity contribution < 1.29 is 0 Å². The molecular weight excluding hydrogens is 210 g/mol. The Labute approximate surface area is 92.5 Å². The van der Waals surface area contributed by atoms with E-state index in [0.29, 0.717) is 0 Å². The second-order valence-corrected chi connectivity index (χ2v) is 5.58. The lowest BCUT2D eigenvalue weighted by molar-refractivity contribution is 0.422. The van der Waals surface area contributed by atoms with Gasteiger partial charge in [0.25, 0.3) is 0 Å². The Balaban J connectivity index is 2.16. The van der Waals surface area contributed by atoms with E-state index in [-0.39, 0.29) is 5.54 Å². The van der Waals surface area contributed by atoms with Gasteiger partial charge in [-0.3, -0.25) is 0 Å². The van der Waals surface area contributed by atoms with Crippen LogP contribution in [0.1, 0.15) is 31.6 Å². The highest BCUT2D eigenvalue weighted by Crippen LogP contribution is 2.14. The molecule has 0 spiro atoms. The van der Waals surface area contributed by atoms with Gasteiger partial charge in [-0.1, -0.05) is 11.3 Å². The van der Waals surface area contributed by atoms with Crippen LogP contribution in [0.3, 0.4) is 0 Å². The quantitative estimate of drug-likeness (QED) is 0.839. The summed E-state index contributed by atoms with van der Waals surface area (Å²) < 4.78 is 1.78. The molecule has 0 aliphatic carbocycles. The fraction of sp³-hybridized carbons (Fsp3) is 0.667. The number of nitrogens with zero attached hydrogens (tertiary/aromatic N) is 4. The van der Waals surface area contributed by atoms with Crippen molar-refractivity contribution in [1.82, 2.24) is 25.1 Å². The zero-order valence-corrected chi connectivity index (χ0v) is 10.2. The molecule has 0 unspecified atom stereocenters. The van der Waals surface area contributed by atoms with Crippen LogP contribution in [0.5, 0.6) is 0 Å². The van der Waals surface area contributed by atoms with E-state index in [2.05, 4.69) is 41.4 Å². The number of fused-ring (bicyclic) bond motifs is 1. The minimum absolute atomic E-state index is 0.112. The smallest absolute Gasteiger partial charge is 0.234 e. The summed E-state index contributed by atoms with van der Waals surface area (Å²) in [6.07, 6.45) is 0. The van der Waals surface area contributed by atoms with Crippen molar-refractivity contribution in [3.8, 4) is 0 Å². The van der Waals surface area contributed by atoms with Crippen molar-refractivity contribution in [2.24, 2.45) is 0 Å². The predicted molar refractivity (Wildman–Crippen MR) is 60.0 cm³/mol. The molecule has 0 aliphatic rings. The summed E-state index contributed by atoms with van der Waals surface area (Å²) in [7, 11) is 0. The fourth-order valence-corrected chi connectivity index (χ4v) is 1.99. The first-order valence-corrected chi connectivity index (χ1v) is 5.70. The summed E-state index contributed by atoms with van der Waals surface area (Å²) in [4.78, 5) is 0.859. The maximum Gasteiger partial charge on any atom is 0.234 e. The number of aryl methyl sites for hydroxylation is 1. The van der Waals surface area contributed by atoms with E-state index < -0.39 is 0 Å². The van der Waals surface area contributed by atoms with Gasteiger partial charge in [-0.25, -0.2) is 0 Å². The largest absolute Gasteiger partial charge is 0.306 e. The summed E-state index contributed by atoms with van der Waals surface area (Å²) >= 11 is 1.57. The van der Waals surface area contributed by atoms with Crippen LogP contribution in [0.25, 0.3) is 4.96 Å². The van der Waals surface area contributed by atoms with Gasteiger partial charge in [0.15, 0.2) is 5.82 Å². The Morgan fingerprint density at radius 3 is 2.67 bits per heavy atom. The minimum atomic E-state index is 0.112. The molecule has 2 aromatic rings. The van der Waals surface area contributed by atoms with Crippen LogP contribution in [-0.4, -0.2) is 25.4 Å². The third kappa shape index (κ3) is 2.32. The zero-order chi connectivity index (χ0) is 11.1. The maximum atomic E-state index is 4.42. The molecule has 2 aromatic heterocycles. The van der Waals surface area contributed by atoms with Crippen LogP contribution < -0.4 is 5.32 Å². The predicted octanol–water partition coefficient (Wildman–Crippen LogP) is 1.38. The molecule has 0 radical (unpaired) electrons. The lowest BCUT2D eigenvalue weighted by Crippen LogP contribution is -2.35. The molecule has 0 aromatic carbocycles. The third-order valence-electron chi connectivity index (χ3n) is 1.96. The van der Waals surface area contributed by atoms with Crippen molar-refractivity contribution in [3.63, 3.8) is 0 Å². The van der Waals surface area contributed by atoms with E-state index in [0.717, 1.165) is 22.3 Å². The normalized spacial score (nSPS) is 12.5. The molecule has 6 heteroatoms. The van der Waals surface area contributed by atoms with Crippen molar-refractivity contribution in [3.05, 3.63) is 10.8 Å². The topological polar surface area (TPSA) is 55.1 Å². The highest BCUT2D eigenvalue weighted by atomic mass is 32.1. The SMILES string of the molecule is Cc1nnc2sc(CNC(C)(C)C)nn12. The van der Waals surface area contributed by atoms with E-state index in [1.54, 1.807) is 15.9 Å². The monoisotopic (exact) mass is 225 g/mol. The van der Waals surface area contributed by atoms with Gasteiger partial charge in [0.05, 0.1) is 6.54 Å². The molecule has 82 valence electrons. The molecule has 1 N–H and O–H groups in total. The van der Waals surface area contributed by atoms with Crippen LogP contribution in [0.15, 0.2) is 0 Å². The number of aromatic nitrogens is 4. The summed E-state index contributed by atoms with van der Waals surface area (Å²) in [5.74, 6) is 0.836. The van der Waals surface area contributed by atoms with Crippen molar-refractivity contribution >= 4 is 16.3 Å². The second-order valence-electron chi connectivity index (χ2n) is 4.54. The first-order valence-electron chi connectivity index (χ1n) is 4.88. The molecule has 0 amide bonds. The van der Waals surface area contributed by atoms with Gasteiger partial charge >= 0.3 is 0 Å². The van der Waals surface area contributed by atoms with E-state index in [9.17, 15) is 0 Å². The Morgan fingerprint density at radius 2 is 2.07 bits per heavy atom. The molecule has 2 rings (SSSR count). The zero-order valence-electron chi connectivity index (χ0n) is 9.40. The molecule has 5 nitrogen and oxygen atoms in total. The van der Waals surface area contributed by atoms with Crippen LogP contribution >= 0.6 is 11.3 Å². The fourth-order valence-electron chi connectivity index (χ4n) is 1.17. The molecule has 0 saturated carbocycles. The van der Waals surface area contributed by atoms with Gasteiger partial charge < -0.3 is 5.32 Å². The van der Waals surface area contributed by atoms with Crippen LogP contribution in [-0.2, 0) is 6.54 Å². The molecule has 0 saturated heterocycles. The molecular formula is C9H15N5S. The van der Waals surface area contributed by atoms with E-state index in [4.69, 9.17) is 0 Å². The molecule has 0 bridgehead atoms. The van der Waals surface area contributed by atoms with E-state index in [1.165, 1.54) is 0 Å². The van der Waals surface area contributed by atoms with Gasteiger partial charge in [-0.05, 0) is 27.7 Å². The average molecular weight is 225 g/mol. The van der Waals surface area contributed by atoms with Gasteiger partial charge in [-0.2, -0.15) is 9.61 Å². The van der Waals surface area contributed by atoms with E-state index in [1.807, 2.05) is 6.92 Å². The van der Waals surface area contributed by atoms with E-state index >= 15 is 0 Å². The first-order chi connectivity index (χ1) is 6.96. The first kappa shape index (κ1) is 10.5. The van der Waals surface area contributed by atoms with Crippen LogP contribution in [0.4, 0.5) is 0 Å². The molecule has 0 atom stereocenters. The highest BCUT2D eigenvalue weighted by molar-refractivity contribution is 7.16. The van der Waals surface area contributed by atoms with Crippen LogP contribution in [0, 0.1) is 6.92 Å². The minimum Gasteiger partial charge on any atom is -0.306 e. The Hall–Kier alpha value is -1.01. The number of hydrogen-bond donors (Lipinski definition) is 1. The Kier molecular flexibility index (Phi) is 2.47. The van der Waals surface area contributed by atoms with Gasteiger partial charge in [0.2, 0.25) is 4.96 Å². The summed E-state index contributed by atoms with van der Waals surface area (Å²) in [5.41, 5.74) is 0.112. The maximum absolute atomic E-state index is 4.42. The standard InChI is InChI=1S/C9H15N5S/c1-6-11-12-8-14(6)13-7(15-8)5-10-9(2,3)4/h10H,5H2,1-4H3. The van der Waals surface area contributed by atoms with Crippen molar-refractivity contribution in [2.75, 3.05) is 0 Å². The summed E-state index contributed by atoms with van der Waals surface area (Å²) in [6.45, 7) is 9.09. The summed E-state index contributed by atoms with van der Waals surface area (Å²) in [6, 6.07) is 0. The van der Waals surface area contributed by atoms with Crippen molar-refractivity contribution in [2.45, 2.75) is 39.8 Å². The molecule has 2 heterocycles. The molecule has 15 heavy (non-hydrogen) atoms. The molecule has 0 fully saturated rings. The molecule has 0 aliphatic heterocycles. The second kappa shape index (κ2) is 3.53. The van der Waals surface area contributed by atoms with Gasteiger partial charge in [0.1, 0.15) is 5.01 Å². The van der Waals surface area contributed by atoms with Gasteiger partial charge in [0, 0.05) is 5.54 Å².